The summed E-state index contributed by atoms with van der Waals surface area (Å²) in [5, 5.41) is 12.3. The van der Waals surface area contributed by atoms with Gasteiger partial charge in [-0.2, -0.15) is 0 Å². The van der Waals surface area contributed by atoms with E-state index in [0.29, 0.717) is 0 Å². The Bertz CT molecular complexity index is 1320. The number of aromatic amines is 1. The van der Waals surface area contributed by atoms with Gasteiger partial charge in [0, 0.05) is 25.6 Å². The van der Waals surface area contributed by atoms with Crippen molar-refractivity contribution in [1.29, 1.82) is 0 Å². The van der Waals surface area contributed by atoms with E-state index < -0.39 is 72.1 Å². The molecule has 2 aliphatic rings. The number of epoxide rings is 1. The van der Waals surface area contributed by atoms with E-state index >= 15 is 0 Å². The molecule has 4 rings (SSSR count). The number of alkyl carbamates (subject to hydrolysis) is 1. The predicted octanol–water partition coefficient (Wildman–Crippen LogP) is -0.339. The Hall–Kier alpha value is -4.01. The summed E-state index contributed by atoms with van der Waals surface area (Å²) in [5.74, 6) is -1.51. The van der Waals surface area contributed by atoms with Crippen LogP contribution in [0.15, 0.2) is 46.1 Å². The van der Waals surface area contributed by atoms with Gasteiger partial charge in [-0.25, -0.2) is 9.59 Å². The molecule has 39 heavy (non-hydrogen) atoms. The number of nitrogens with one attached hydrogen (secondary N) is 2. The van der Waals surface area contributed by atoms with Crippen LogP contribution in [-0.2, 0) is 39.9 Å². The molecule has 2 fully saturated rings. The number of aryl methyl sites for hydroxylation is 1. The molecule has 210 valence electrons. The summed E-state index contributed by atoms with van der Waals surface area (Å²) < 4.78 is 28.9. The average Bonchev–Trinajstić information content (AvgIpc) is 3.60. The number of aliphatic hydroxyl groups excluding tert-OH is 1. The van der Waals surface area contributed by atoms with Gasteiger partial charge in [0.15, 0.2) is 18.4 Å². The molecule has 2 aromatic rings. The summed E-state index contributed by atoms with van der Waals surface area (Å²) in [6.45, 7) is 3.30. The largest absolute Gasteiger partial charge is 0.456 e. The first-order chi connectivity index (χ1) is 18.6. The van der Waals surface area contributed by atoms with Gasteiger partial charge >= 0.3 is 23.7 Å². The minimum atomic E-state index is -1.36. The summed E-state index contributed by atoms with van der Waals surface area (Å²) in [6, 6.07) is 7.86. The van der Waals surface area contributed by atoms with Gasteiger partial charge in [-0.15, -0.1) is 0 Å². The Kier molecular flexibility index (Phi) is 8.47. The fourth-order valence-electron chi connectivity index (χ4n) is 4.47. The van der Waals surface area contributed by atoms with Crippen molar-refractivity contribution in [3.05, 3.63) is 68.5 Å². The molecular formula is C25H29N3O11. The van der Waals surface area contributed by atoms with E-state index in [9.17, 15) is 29.1 Å². The van der Waals surface area contributed by atoms with E-state index in [1.54, 1.807) is 24.3 Å². The number of rotatable bonds is 9. The molecule has 2 aliphatic heterocycles. The van der Waals surface area contributed by atoms with Gasteiger partial charge in [-0.1, -0.05) is 30.3 Å². The Morgan fingerprint density at radius 1 is 1.05 bits per heavy atom. The van der Waals surface area contributed by atoms with Gasteiger partial charge in [0.05, 0.1) is 12.6 Å². The van der Waals surface area contributed by atoms with E-state index in [2.05, 4.69) is 10.3 Å². The third kappa shape index (κ3) is 6.53. The van der Waals surface area contributed by atoms with Crippen LogP contribution in [-0.4, -0.2) is 75.9 Å². The number of amides is 1. The Balaban J connectivity index is 1.67. The van der Waals surface area contributed by atoms with Gasteiger partial charge in [0.2, 0.25) is 0 Å². The topological polar surface area (TPSA) is 188 Å². The van der Waals surface area contributed by atoms with Gasteiger partial charge in [-0.05, 0) is 12.5 Å². The molecule has 0 saturated carbocycles. The number of esters is 2. The highest BCUT2D eigenvalue weighted by molar-refractivity contribution is 5.69. The number of carbonyl (C=O) groups is 3. The first-order valence-electron chi connectivity index (χ1n) is 12.1. The molecule has 1 amide bonds. The highest BCUT2D eigenvalue weighted by Gasteiger charge is 2.59. The molecule has 1 aromatic carbocycles. The van der Waals surface area contributed by atoms with E-state index in [4.69, 9.17) is 23.7 Å². The van der Waals surface area contributed by atoms with Crippen molar-refractivity contribution in [2.24, 2.45) is 0 Å². The molecule has 14 heteroatoms. The molecule has 0 radical (unpaired) electrons. The van der Waals surface area contributed by atoms with E-state index in [-0.39, 0.29) is 18.8 Å². The zero-order valence-electron chi connectivity index (χ0n) is 21.4. The second kappa shape index (κ2) is 11.8. The maximum atomic E-state index is 12.8. The zero-order chi connectivity index (χ0) is 28.3. The minimum absolute atomic E-state index is 0.0437. The highest BCUT2D eigenvalue weighted by atomic mass is 16.7. The quantitative estimate of drug-likeness (QED) is 0.212. The van der Waals surface area contributed by atoms with Gasteiger partial charge < -0.3 is 34.1 Å². The van der Waals surface area contributed by atoms with Crippen LogP contribution in [0.25, 0.3) is 0 Å². The van der Waals surface area contributed by atoms with Crippen LogP contribution in [0.1, 0.15) is 31.2 Å². The Morgan fingerprint density at radius 2 is 1.72 bits per heavy atom. The van der Waals surface area contributed by atoms with Crippen molar-refractivity contribution >= 4 is 18.0 Å². The average molecular weight is 548 g/mol. The Morgan fingerprint density at radius 3 is 2.33 bits per heavy atom. The number of benzene rings is 1. The summed E-state index contributed by atoms with van der Waals surface area (Å²) in [4.78, 5) is 63.7. The molecule has 0 aliphatic carbocycles. The van der Waals surface area contributed by atoms with Gasteiger partial charge in [0.1, 0.15) is 24.9 Å². The van der Waals surface area contributed by atoms with E-state index in [1.165, 1.54) is 13.1 Å². The normalized spacial score (nSPS) is 26.4. The van der Waals surface area contributed by atoms with Crippen molar-refractivity contribution in [3.8, 4) is 0 Å². The predicted molar refractivity (Wildman–Crippen MR) is 130 cm³/mol. The van der Waals surface area contributed by atoms with Crippen molar-refractivity contribution in [3.63, 3.8) is 0 Å². The molecule has 2 saturated heterocycles. The lowest BCUT2D eigenvalue weighted by molar-refractivity contribution is -0.165. The summed E-state index contributed by atoms with van der Waals surface area (Å²) in [7, 11) is 0. The number of hydrogen-bond donors (Lipinski definition) is 3. The third-order valence-electron chi connectivity index (χ3n) is 6.26. The summed E-state index contributed by atoms with van der Waals surface area (Å²) in [5.41, 5.74) is -0.586. The van der Waals surface area contributed by atoms with Crippen molar-refractivity contribution in [2.75, 3.05) is 6.61 Å². The lowest BCUT2D eigenvalue weighted by atomic mass is 9.98. The third-order valence-corrected chi connectivity index (χ3v) is 6.26. The number of H-pyrrole nitrogens is 1. The van der Waals surface area contributed by atoms with Crippen LogP contribution >= 0.6 is 0 Å². The molecule has 0 unspecified atom stereocenters. The zero-order valence-corrected chi connectivity index (χ0v) is 21.4. The molecule has 1 aromatic heterocycles. The Labute approximate surface area is 221 Å². The smallest absolute Gasteiger partial charge is 0.407 e. The molecule has 0 spiro atoms. The van der Waals surface area contributed by atoms with E-state index in [0.717, 1.165) is 24.0 Å². The minimum Gasteiger partial charge on any atom is -0.456 e. The second-order valence-electron chi connectivity index (χ2n) is 9.17. The number of ether oxygens (including phenoxy) is 5. The fourth-order valence-corrected chi connectivity index (χ4v) is 4.47. The lowest BCUT2D eigenvalue weighted by Crippen LogP contribution is -2.53. The standard InChI is InChI=1S/C25H29N3O11/c1-12-9-28(24(33)27-22(12)32)23-21(37-14(3)31)20(36-13(2)30)19(39-23)17(18-16(10-29)38-18)26-25(34)35-11-15-7-5-4-6-8-15/h4-9,16-21,23,29H,10-11H2,1-3H3,(H,26,34)(H,27,32,33)/t16-,17-,18+,19-,20-,21-,23-/m1/s1. The number of aliphatic hydroxyl groups is 1. The van der Waals surface area contributed by atoms with Crippen LogP contribution in [0.5, 0.6) is 0 Å². The van der Waals surface area contributed by atoms with Crippen molar-refractivity contribution in [1.82, 2.24) is 14.9 Å². The van der Waals surface area contributed by atoms with Crippen LogP contribution < -0.4 is 16.6 Å². The molecular weight excluding hydrogens is 518 g/mol. The number of hydrogen-bond acceptors (Lipinski definition) is 11. The summed E-state index contributed by atoms with van der Waals surface area (Å²) in [6.07, 6.45) is -6.35. The molecule has 0 bridgehead atoms. The first-order valence-corrected chi connectivity index (χ1v) is 12.1. The number of carbonyl (C=O) groups excluding carboxylic acids is 3. The summed E-state index contributed by atoms with van der Waals surface area (Å²) >= 11 is 0. The first kappa shape index (κ1) is 28.0. The van der Waals surface area contributed by atoms with Crippen LogP contribution in [0.4, 0.5) is 4.79 Å². The van der Waals surface area contributed by atoms with Crippen LogP contribution in [0.3, 0.4) is 0 Å². The molecule has 14 nitrogen and oxygen atoms in total. The van der Waals surface area contributed by atoms with E-state index in [1.807, 2.05) is 6.07 Å². The van der Waals surface area contributed by atoms with Crippen molar-refractivity contribution in [2.45, 2.75) is 70.2 Å². The molecule has 7 atom stereocenters. The lowest BCUT2D eigenvalue weighted by Gasteiger charge is -2.28. The number of nitrogens with zero attached hydrogens (tertiary/aromatic N) is 1. The highest BCUT2D eigenvalue weighted by Crippen LogP contribution is 2.39. The van der Waals surface area contributed by atoms with Crippen LogP contribution in [0.2, 0.25) is 0 Å². The monoisotopic (exact) mass is 547 g/mol. The van der Waals surface area contributed by atoms with Gasteiger partial charge in [0.25, 0.3) is 5.56 Å². The number of aromatic nitrogens is 2. The SMILES string of the molecule is CC(=O)O[C@@H]1[C@@H]([C@H](NC(=O)OCc2ccccc2)[C@H]2O[C@@H]2CO)O[C@@H](n2cc(C)c(=O)[nH]c2=O)[C@@H]1OC(C)=O. The second-order valence-corrected chi connectivity index (χ2v) is 9.17. The maximum absolute atomic E-state index is 12.8. The van der Waals surface area contributed by atoms with Gasteiger partial charge in [-0.3, -0.25) is 23.9 Å². The van der Waals surface area contributed by atoms with Crippen LogP contribution in [0, 0.1) is 6.92 Å². The van der Waals surface area contributed by atoms with Crippen molar-refractivity contribution < 1.29 is 43.2 Å². The molecule has 3 heterocycles. The fraction of sp³-hybridized carbons (Fsp3) is 0.480. The maximum Gasteiger partial charge on any atom is 0.407 e. The molecule has 3 N–H and O–H groups in total.